The number of ether oxygens (including phenoxy) is 4. The van der Waals surface area contributed by atoms with Crippen molar-refractivity contribution in [3.63, 3.8) is 0 Å². The van der Waals surface area contributed by atoms with Gasteiger partial charge < -0.3 is 29.2 Å². The van der Waals surface area contributed by atoms with Crippen molar-refractivity contribution >= 4 is 11.9 Å². The summed E-state index contributed by atoms with van der Waals surface area (Å²) in [6, 6.07) is 14.8. The zero-order valence-corrected chi connectivity index (χ0v) is 20.4. The molecule has 0 fully saturated rings. The zero-order valence-electron chi connectivity index (χ0n) is 20.4. The summed E-state index contributed by atoms with van der Waals surface area (Å²) in [7, 11) is 0. The average molecular weight is 495 g/mol. The van der Waals surface area contributed by atoms with Gasteiger partial charge in [-0.3, -0.25) is 0 Å². The topological polar surface area (TPSA) is 112 Å². The Kier molecular flexibility index (Phi) is 9.56. The number of phenols is 2. The second kappa shape index (κ2) is 13.0. The van der Waals surface area contributed by atoms with E-state index in [0.29, 0.717) is 24.7 Å². The Bertz CT molecular complexity index is 1060. The fraction of sp³-hybridized carbons (Fsp3) is 0.286. The summed E-state index contributed by atoms with van der Waals surface area (Å²) in [5.41, 5.74) is 0.462. The highest BCUT2D eigenvalue weighted by molar-refractivity contribution is 5.92. The number of hydrogen-bond acceptors (Lipinski definition) is 8. The molecule has 8 heteroatoms. The minimum atomic E-state index is -0.740. The van der Waals surface area contributed by atoms with Crippen molar-refractivity contribution in [1.29, 1.82) is 0 Å². The van der Waals surface area contributed by atoms with E-state index in [1.807, 2.05) is 0 Å². The molecule has 0 bridgehead atoms. The lowest BCUT2D eigenvalue weighted by Gasteiger charge is -2.11. The van der Waals surface area contributed by atoms with Gasteiger partial charge in [0.1, 0.15) is 11.5 Å². The van der Waals surface area contributed by atoms with Gasteiger partial charge in [0, 0.05) is 12.1 Å². The number of benzene rings is 3. The summed E-state index contributed by atoms with van der Waals surface area (Å²) < 4.78 is 21.5. The molecule has 0 aliphatic heterocycles. The van der Waals surface area contributed by atoms with E-state index in [2.05, 4.69) is 13.8 Å². The lowest BCUT2D eigenvalue weighted by Crippen LogP contribution is -2.10. The van der Waals surface area contributed by atoms with Gasteiger partial charge in [-0.2, -0.15) is 0 Å². The number of phenolic OH excluding ortho intramolecular Hbond substituents is 2. The molecule has 0 radical (unpaired) electrons. The van der Waals surface area contributed by atoms with E-state index >= 15 is 0 Å². The van der Waals surface area contributed by atoms with Crippen molar-refractivity contribution < 1.29 is 38.7 Å². The SMILES string of the molecule is CCCCOc1ccc(C(=O)Oc2cc(O)c(OC(=O)c3ccc(OCCCC)cc3)cc2O)cc1. The van der Waals surface area contributed by atoms with Gasteiger partial charge in [-0.1, -0.05) is 26.7 Å². The Morgan fingerprint density at radius 2 is 1.00 bits per heavy atom. The molecule has 0 saturated carbocycles. The molecule has 0 atom stereocenters. The van der Waals surface area contributed by atoms with E-state index in [-0.39, 0.29) is 22.6 Å². The smallest absolute Gasteiger partial charge is 0.343 e. The van der Waals surface area contributed by atoms with Gasteiger partial charge in [-0.15, -0.1) is 0 Å². The van der Waals surface area contributed by atoms with E-state index in [9.17, 15) is 19.8 Å². The molecule has 0 aromatic heterocycles. The van der Waals surface area contributed by atoms with Gasteiger partial charge in [0.2, 0.25) is 0 Å². The van der Waals surface area contributed by atoms with Crippen LogP contribution in [0.3, 0.4) is 0 Å². The molecule has 0 aliphatic carbocycles. The molecule has 0 saturated heterocycles. The maximum atomic E-state index is 12.5. The predicted molar refractivity (Wildman–Crippen MR) is 133 cm³/mol. The highest BCUT2D eigenvalue weighted by atomic mass is 16.6. The number of unbranched alkanes of at least 4 members (excludes halogenated alkanes) is 2. The summed E-state index contributed by atoms with van der Waals surface area (Å²) >= 11 is 0. The Labute approximate surface area is 210 Å². The summed E-state index contributed by atoms with van der Waals surface area (Å²) in [5, 5.41) is 20.6. The third-order valence-electron chi connectivity index (χ3n) is 5.16. The van der Waals surface area contributed by atoms with Crippen molar-refractivity contribution in [3.05, 3.63) is 71.8 Å². The Hall–Kier alpha value is -4.20. The number of carbonyl (C=O) groups excluding carboxylic acids is 2. The summed E-state index contributed by atoms with van der Waals surface area (Å²) in [4.78, 5) is 24.9. The molecule has 0 aliphatic rings. The van der Waals surface area contributed by atoms with Crippen molar-refractivity contribution in [1.82, 2.24) is 0 Å². The number of aromatic hydroxyl groups is 2. The van der Waals surface area contributed by atoms with E-state index in [0.717, 1.165) is 37.8 Å². The molecule has 0 unspecified atom stereocenters. The van der Waals surface area contributed by atoms with Crippen LogP contribution in [0.1, 0.15) is 60.2 Å². The molecule has 3 rings (SSSR count). The maximum Gasteiger partial charge on any atom is 0.343 e. The predicted octanol–water partition coefficient (Wildman–Crippen LogP) is 5.89. The third-order valence-corrected chi connectivity index (χ3v) is 5.16. The number of esters is 2. The quantitative estimate of drug-likeness (QED) is 0.139. The van der Waals surface area contributed by atoms with Crippen molar-refractivity contribution in [2.45, 2.75) is 39.5 Å². The first kappa shape index (κ1) is 26.4. The molecule has 0 spiro atoms. The van der Waals surface area contributed by atoms with Crippen molar-refractivity contribution in [3.8, 4) is 34.5 Å². The minimum absolute atomic E-state index is 0.231. The van der Waals surface area contributed by atoms with Crippen LogP contribution >= 0.6 is 0 Å². The molecule has 3 aromatic carbocycles. The normalized spacial score (nSPS) is 10.5. The van der Waals surface area contributed by atoms with Crippen LogP contribution in [0.4, 0.5) is 0 Å². The van der Waals surface area contributed by atoms with E-state index < -0.39 is 23.4 Å². The fourth-order valence-corrected chi connectivity index (χ4v) is 3.06. The van der Waals surface area contributed by atoms with E-state index in [1.54, 1.807) is 24.3 Å². The van der Waals surface area contributed by atoms with Crippen LogP contribution in [0.5, 0.6) is 34.5 Å². The number of rotatable bonds is 12. The summed E-state index contributed by atoms with van der Waals surface area (Å²) in [6.45, 7) is 5.30. The van der Waals surface area contributed by atoms with Gasteiger partial charge in [0.25, 0.3) is 0 Å². The fourth-order valence-electron chi connectivity index (χ4n) is 3.06. The zero-order chi connectivity index (χ0) is 25.9. The Morgan fingerprint density at radius 1 is 0.639 bits per heavy atom. The third kappa shape index (κ3) is 7.40. The first-order chi connectivity index (χ1) is 17.4. The van der Waals surface area contributed by atoms with Crippen LogP contribution in [-0.4, -0.2) is 35.4 Å². The van der Waals surface area contributed by atoms with Crippen LogP contribution in [0.15, 0.2) is 60.7 Å². The van der Waals surface area contributed by atoms with Gasteiger partial charge in [0.05, 0.1) is 24.3 Å². The molecular formula is C28H30O8. The maximum absolute atomic E-state index is 12.5. The van der Waals surface area contributed by atoms with Crippen LogP contribution in [0, 0.1) is 0 Å². The lowest BCUT2D eigenvalue weighted by atomic mass is 10.2. The summed E-state index contributed by atoms with van der Waals surface area (Å²) in [5.74, 6) is -1.75. The first-order valence-electron chi connectivity index (χ1n) is 11.9. The molecule has 36 heavy (non-hydrogen) atoms. The highest BCUT2D eigenvalue weighted by Gasteiger charge is 2.18. The number of hydrogen-bond donors (Lipinski definition) is 2. The molecule has 0 amide bonds. The van der Waals surface area contributed by atoms with Crippen molar-refractivity contribution in [2.24, 2.45) is 0 Å². The van der Waals surface area contributed by atoms with Crippen LogP contribution in [0.25, 0.3) is 0 Å². The molecular weight excluding hydrogens is 464 g/mol. The number of carbonyl (C=O) groups is 2. The second-order valence-corrected chi connectivity index (χ2v) is 8.02. The van der Waals surface area contributed by atoms with Crippen molar-refractivity contribution in [2.75, 3.05) is 13.2 Å². The van der Waals surface area contributed by atoms with E-state index in [1.165, 1.54) is 24.3 Å². The molecule has 3 aromatic rings. The Balaban J connectivity index is 1.61. The summed E-state index contributed by atoms with van der Waals surface area (Å²) in [6.07, 6.45) is 3.89. The second-order valence-electron chi connectivity index (χ2n) is 8.02. The standard InChI is InChI=1S/C28H30O8/c1-3-5-15-33-21-11-7-19(8-12-21)27(31)35-25-17-24(30)26(18-23(25)29)36-28(32)20-9-13-22(14-10-20)34-16-6-4-2/h7-14,17-18,29-30H,3-6,15-16H2,1-2H3. The van der Waals surface area contributed by atoms with Crippen LogP contribution in [0.2, 0.25) is 0 Å². The van der Waals surface area contributed by atoms with Gasteiger partial charge in [0.15, 0.2) is 23.0 Å². The Morgan fingerprint density at radius 3 is 1.33 bits per heavy atom. The van der Waals surface area contributed by atoms with Gasteiger partial charge in [-0.05, 0) is 61.4 Å². The van der Waals surface area contributed by atoms with E-state index in [4.69, 9.17) is 18.9 Å². The average Bonchev–Trinajstić information content (AvgIpc) is 2.88. The lowest BCUT2D eigenvalue weighted by molar-refractivity contribution is 0.0711. The monoisotopic (exact) mass is 494 g/mol. The minimum Gasteiger partial charge on any atom is -0.504 e. The van der Waals surface area contributed by atoms with Crippen LogP contribution in [-0.2, 0) is 0 Å². The molecule has 0 heterocycles. The largest absolute Gasteiger partial charge is 0.504 e. The highest BCUT2D eigenvalue weighted by Crippen LogP contribution is 2.39. The molecule has 8 nitrogen and oxygen atoms in total. The van der Waals surface area contributed by atoms with Gasteiger partial charge in [-0.25, -0.2) is 9.59 Å². The molecule has 2 N–H and O–H groups in total. The van der Waals surface area contributed by atoms with Crippen LogP contribution < -0.4 is 18.9 Å². The first-order valence-corrected chi connectivity index (χ1v) is 11.9. The molecule has 190 valence electrons. The van der Waals surface area contributed by atoms with Gasteiger partial charge >= 0.3 is 11.9 Å².